The second-order valence-electron chi connectivity index (χ2n) is 3.45. The number of benzene rings is 1. The zero-order valence-corrected chi connectivity index (χ0v) is 8.44. The van der Waals surface area contributed by atoms with Crippen molar-refractivity contribution in [3.05, 3.63) is 42.2 Å². The number of anilines is 1. The summed E-state index contributed by atoms with van der Waals surface area (Å²) >= 11 is 0. The molecule has 3 heteroatoms. The third-order valence-corrected chi connectivity index (χ3v) is 2.29. The molecule has 0 aliphatic rings. The highest BCUT2D eigenvalue weighted by atomic mass is 16.3. The van der Waals surface area contributed by atoms with E-state index in [2.05, 4.69) is 4.98 Å². The van der Waals surface area contributed by atoms with Gasteiger partial charge in [-0.25, -0.2) is 0 Å². The van der Waals surface area contributed by atoms with E-state index in [-0.39, 0.29) is 5.75 Å². The van der Waals surface area contributed by atoms with Gasteiger partial charge in [0.2, 0.25) is 0 Å². The van der Waals surface area contributed by atoms with Crippen molar-refractivity contribution in [3.8, 4) is 16.9 Å². The fourth-order valence-electron chi connectivity index (χ4n) is 1.48. The van der Waals surface area contributed by atoms with Crippen LogP contribution in [0.15, 0.2) is 36.5 Å². The smallest absolute Gasteiger partial charge is 0.115 e. The molecular weight excluding hydrogens is 188 g/mol. The SMILES string of the molecule is Cc1ncc(N)cc1-c1ccc(O)cc1. The summed E-state index contributed by atoms with van der Waals surface area (Å²) in [6, 6.07) is 8.88. The fourth-order valence-corrected chi connectivity index (χ4v) is 1.48. The third-order valence-electron chi connectivity index (χ3n) is 2.29. The molecule has 3 nitrogen and oxygen atoms in total. The number of nitrogens with zero attached hydrogens (tertiary/aromatic N) is 1. The maximum Gasteiger partial charge on any atom is 0.115 e. The van der Waals surface area contributed by atoms with Crippen molar-refractivity contribution in [2.45, 2.75) is 6.92 Å². The Balaban J connectivity index is 2.53. The molecule has 0 aliphatic heterocycles. The molecule has 0 aliphatic carbocycles. The Morgan fingerprint density at radius 1 is 1.20 bits per heavy atom. The Kier molecular flexibility index (Phi) is 2.29. The van der Waals surface area contributed by atoms with E-state index in [1.165, 1.54) is 0 Å². The van der Waals surface area contributed by atoms with Gasteiger partial charge < -0.3 is 10.8 Å². The summed E-state index contributed by atoms with van der Waals surface area (Å²) < 4.78 is 0. The molecule has 0 unspecified atom stereocenters. The molecule has 15 heavy (non-hydrogen) atoms. The highest BCUT2D eigenvalue weighted by molar-refractivity contribution is 5.69. The normalized spacial score (nSPS) is 10.2. The number of pyridine rings is 1. The predicted molar refractivity (Wildman–Crippen MR) is 60.5 cm³/mol. The van der Waals surface area contributed by atoms with Gasteiger partial charge in [-0.3, -0.25) is 4.98 Å². The summed E-state index contributed by atoms with van der Waals surface area (Å²) in [7, 11) is 0. The van der Waals surface area contributed by atoms with E-state index >= 15 is 0 Å². The number of phenols is 1. The van der Waals surface area contributed by atoms with Crippen LogP contribution in [-0.4, -0.2) is 10.1 Å². The van der Waals surface area contributed by atoms with Crippen LogP contribution in [0.1, 0.15) is 5.69 Å². The van der Waals surface area contributed by atoms with Crippen LogP contribution in [-0.2, 0) is 0 Å². The Labute approximate surface area is 88.2 Å². The first-order valence-corrected chi connectivity index (χ1v) is 4.68. The lowest BCUT2D eigenvalue weighted by Crippen LogP contribution is -1.92. The summed E-state index contributed by atoms with van der Waals surface area (Å²) in [5.74, 6) is 0.258. The number of aryl methyl sites for hydroxylation is 1. The van der Waals surface area contributed by atoms with Crippen LogP contribution in [0.4, 0.5) is 5.69 Å². The number of hydrogen-bond acceptors (Lipinski definition) is 3. The molecule has 0 saturated heterocycles. The predicted octanol–water partition coefficient (Wildman–Crippen LogP) is 2.34. The van der Waals surface area contributed by atoms with Crippen LogP contribution in [0.25, 0.3) is 11.1 Å². The molecule has 1 heterocycles. The van der Waals surface area contributed by atoms with Gasteiger partial charge in [-0.2, -0.15) is 0 Å². The first kappa shape index (κ1) is 9.52. The molecule has 76 valence electrons. The number of hydrogen-bond donors (Lipinski definition) is 2. The number of nitrogens with two attached hydrogens (primary N) is 1. The van der Waals surface area contributed by atoms with Crippen LogP contribution >= 0.6 is 0 Å². The van der Waals surface area contributed by atoms with Crippen LogP contribution in [0, 0.1) is 6.92 Å². The molecule has 0 atom stereocenters. The van der Waals surface area contributed by atoms with Crippen LogP contribution in [0.5, 0.6) is 5.75 Å². The van der Waals surface area contributed by atoms with Crippen molar-refractivity contribution in [3.63, 3.8) is 0 Å². The second-order valence-corrected chi connectivity index (χ2v) is 3.45. The summed E-state index contributed by atoms with van der Waals surface area (Å²) in [5, 5.41) is 9.19. The quantitative estimate of drug-likeness (QED) is 0.742. The molecule has 0 saturated carbocycles. The van der Waals surface area contributed by atoms with Gasteiger partial charge in [-0.1, -0.05) is 12.1 Å². The van der Waals surface area contributed by atoms with Gasteiger partial charge in [0, 0.05) is 11.3 Å². The van der Waals surface area contributed by atoms with Gasteiger partial charge in [-0.05, 0) is 30.7 Å². The number of phenolic OH excluding ortho intramolecular Hbond substituents is 1. The molecule has 2 aromatic rings. The van der Waals surface area contributed by atoms with E-state index in [1.807, 2.05) is 25.1 Å². The minimum atomic E-state index is 0.258. The Morgan fingerprint density at radius 3 is 2.53 bits per heavy atom. The maximum absolute atomic E-state index is 9.19. The largest absolute Gasteiger partial charge is 0.508 e. The van der Waals surface area contributed by atoms with Crippen molar-refractivity contribution < 1.29 is 5.11 Å². The molecule has 0 radical (unpaired) electrons. The molecule has 0 fully saturated rings. The average Bonchev–Trinajstić information content (AvgIpc) is 2.23. The number of rotatable bonds is 1. The minimum Gasteiger partial charge on any atom is -0.508 e. The first-order valence-electron chi connectivity index (χ1n) is 4.68. The van der Waals surface area contributed by atoms with E-state index in [0.29, 0.717) is 5.69 Å². The van der Waals surface area contributed by atoms with Crippen LogP contribution < -0.4 is 5.73 Å². The van der Waals surface area contributed by atoms with Gasteiger partial charge in [0.15, 0.2) is 0 Å². The molecule has 0 bridgehead atoms. The highest BCUT2D eigenvalue weighted by Crippen LogP contribution is 2.25. The number of aromatic nitrogens is 1. The zero-order valence-electron chi connectivity index (χ0n) is 8.44. The van der Waals surface area contributed by atoms with E-state index in [0.717, 1.165) is 16.8 Å². The molecule has 0 spiro atoms. The Hall–Kier alpha value is -2.03. The van der Waals surface area contributed by atoms with E-state index in [9.17, 15) is 5.11 Å². The Bertz CT molecular complexity index is 477. The van der Waals surface area contributed by atoms with E-state index in [1.54, 1.807) is 18.3 Å². The highest BCUT2D eigenvalue weighted by Gasteiger charge is 2.03. The number of aromatic hydroxyl groups is 1. The average molecular weight is 200 g/mol. The molecule has 1 aromatic heterocycles. The van der Waals surface area contributed by atoms with Crippen LogP contribution in [0.2, 0.25) is 0 Å². The summed E-state index contributed by atoms with van der Waals surface area (Å²) in [5.41, 5.74) is 9.25. The van der Waals surface area contributed by atoms with Crippen molar-refractivity contribution in [2.75, 3.05) is 5.73 Å². The Morgan fingerprint density at radius 2 is 1.87 bits per heavy atom. The van der Waals surface area contributed by atoms with Crippen molar-refractivity contribution >= 4 is 5.69 Å². The van der Waals surface area contributed by atoms with Gasteiger partial charge in [0.25, 0.3) is 0 Å². The molecule has 2 rings (SSSR count). The minimum absolute atomic E-state index is 0.258. The summed E-state index contributed by atoms with van der Waals surface area (Å²) in [6.45, 7) is 1.93. The third kappa shape index (κ3) is 1.91. The van der Waals surface area contributed by atoms with Gasteiger partial charge in [-0.15, -0.1) is 0 Å². The van der Waals surface area contributed by atoms with Gasteiger partial charge in [0.1, 0.15) is 5.75 Å². The van der Waals surface area contributed by atoms with E-state index < -0.39 is 0 Å². The van der Waals surface area contributed by atoms with Crippen molar-refractivity contribution in [2.24, 2.45) is 0 Å². The molecule has 0 amide bonds. The standard InChI is InChI=1S/C12H12N2O/c1-8-12(6-10(13)7-14-8)9-2-4-11(15)5-3-9/h2-7,15H,13H2,1H3. The lowest BCUT2D eigenvalue weighted by Gasteiger charge is -2.06. The fraction of sp³-hybridized carbons (Fsp3) is 0.0833. The zero-order chi connectivity index (χ0) is 10.8. The summed E-state index contributed by atoms with van der Waals surface area (Å²) in [6.07, 6.45) is 1.64. The van der Waals surface area contributed by atoms with E-state index in [4.69, 9.17) is 5.73 Å². The monoisotopic (exact) mass is 200 g/mol. The second kappa shape index (κ2) is 3.61. The first-order chi connectivity index (χ1) is 7.16. The van der Waals surface area contributed by atoms with Gasteiger partial charge >= 0.3 is 0 Å². The van der Waals surface area contributed by atoms with Crippen molar-refractivity contribution in [1.29, 1.82) is 0 Å². The van der Waals surface area contributed by atoms with Crippen molar-refractivity contribution in [1.82, 2.24) is 4.98 Å². The lowest BCUT2D eigenvalue weighted by atomic mass is 10.0. The molecule has 3 N–H and O–H groups in total. The molecule has 1 aromatic carbocycles. The lowest BCUT2D eigenvalue weighted by molar-refractivity contribution is 0.475. The molecular formula is C12H12N2O. The summed E-state index contributed by atoms with van der Waals surface area (Å²) in [4.78, 5) is 4.19. The maximum atomic E-state index is 9.19. The topological polar surface area (TPSA) is 59.1 Å². The van der Waals surface area contributed by atoms with Gasteiger partial charge in [0.05, 0.1) is 11.9 Å². The van der Waals surface area contributed by atoms with Crippen LogP contribution in [0.3, 0.4) is 0 Å². The number of nitrogen functional groups attached to an aromatic ring is 1.